The van der Waals surface area contributed by atoms with Gasteiger partial charge < -0.3 is 4.74 Å². The van der Waals surface area contributed by atoms with Crippen LogP contribution < -0.4 is 0 Å². The Morgan fingerprint density at radius 2 is 2.31 bits per heavy atom. The van der Waals surface area contributed by atoms with Gasteiger partial charge in [0.15, 0.2) is 0 Å². The summed E-state index contributed by atoms with van der Waals surface area (Å²) in [7, 11) is 0. The molecule has 0 spiro atoms. The van der Waals surface area contributed by atoms with Gasteiger partial charge in [-0.1, -0.05) is 23.7 Å². The third kappa shape index (κ3) is 3.76. The standard InChI is InChI=1S/C10H9ClO2/c1-8(12)13-6-5-9-3-2-4-10(11)7-9/h2-7H,1H3/b6-5+. The number of halogens is 1. The Kier molecular flexibility index (Phi) is 3.53. The van der Waals surface area contributed by atoms with Crippen molar-refractivity contribution >= 4 is 23.6 Å². The van der Waals surface area contributed by atoms with Crippen LogP contribution in [0.15, 0.2) is 30.5 Å². The molecule has 1 aromatic rings. The maximum atomic E-state index is 10.4. The highest BCUT2D eigenvalue weighted by Crippen LogP contribution is 2.11. The molecule has 68 valence electrons. The molecule has 1 rings (SSSR count). The SMILES string of the molecule is CC(=O)O/C=C/c1cccc(Cl)c1. The summed E-state index contributed by atoms with van der Waals surface area (Å²) in [5.41, 5.74) is 0.897. The van der Waals surface area contributed by atoms with Gasteiger partial charge >= 0.3 is 5.97 Å². The molecule has 0 aliphatic carbocycles. The van der Waals surface area contributed by atoms with E-state index in [1.807, 2.05) is 12.1 Å². The Hall–Kier alpha value is -1.28. The first-order valence-corrected chi connectivity index (χ1v) is 4.15. The van der Waals surface area contributed by atoms with Crippen molar-refractivity contribution in [2.24, 2.45) is 0 Å². The summed E-state index contributed by atoms with van der Waals surface area (Å²) >= 11 is 5.74. The Bertz CT molecular complexity index is 331. The number of rotatable bonds is 2. The molecule has 0 aliphatic rings. The summed E-state index contributed by atoms with van der Waals surface area (Å²) in [6.45, 7) is 1.35. The van der Waals surface area contributed by atoms with E-state index in [0.29, 0.717) is 5.02 Å². The molecule has 0 saturated carbocycles. The Labute approximate surface area is 81.8 Å². The summed E-state index contributed by atoms with van der Waals surface area (Å²) in [5, 5.41) is 0.657. The van der Waals surface area contributed by atoms with Crippen LogP contribution >= 0.6 is 11.6 Å². The monoisotopic (exact) mass is 196 g/mol. The lowest BCUT2D eigenvalue weighted by Gasteiger charge is -1.94. The maximum Gasteiger partial charge on any atom is 0.307 e. The van der Waals surface area contributed by atoms with Gasteiger partial charge in [-0.25, -0.2) is 0 Å². The molecule has 3 heteroatoms. The van der Waals surface area contributed by atoms with Crippen molar-refractivity contribution in [3.8, 4) is 0 Å². The van der Waals surface area contributed by atoms with E-state index < -0.39 is 0 Å². The second kappa shape index (κ2) is 4.67. The highest BCUT2D eigenvalue weighted by molar-refractivity contribution is 6.30. The maximum absolute atomic E-state index is 10.4. The van der Waals surface area contributed by atoms with E-state index in [-0.39, 0.29) is 5.97 Å². The highest BCUT2D eigenvalue weighted by Gasteiger charge is 1.89. The van der Waals surface area contributed by atoms with Crippen LogP contribution in [0.2, 0.25) is 5.02 Å². The van der Waals surface area contributed by atoms with Gasteiger partial charge in [0.1, 0.15) is 0 Å². The predicted molar refractivity (Wildman–Crippen MR) is 52.3 cm³/mol. The fraction of sp³-hybridized carbons (Fsp3) is 0.100. The summed E-state index contributed by atoms with van der Waals surface area (Å²) in [4.78, 5) is 10.4. The first-order chi connectivity index (χ1) is 6.18. The molecule has 0 atom stereocenters. The van der Waals surface area contributed by atoms with Crippen LogP contribution in [0.4, 0.5) is 0 Å². The highest BCUT2D eigenvalue weighted by atomic mass is 35.5. The number of hydrogen-bond acceptors (Lipinski definition) is 2. The van der Waals surface area contributed by atoms with Crippen molar-refractivity contribution in [3.05, 3.63) is 41.1 Å². The zero-order valence-corrected chi connectivity index (χ0v) is 7.91. The second-order valence-electron chi connectivity index (χ2n) is 2.47. The fourth-order valence-electron chi connectivity index (χ4n) is 0.819. The second-order valence-corrected chi connectivity index (χ2v) is 2.90. The summed E-state index contributed by atoms with van der Waals surface area (Å²) in [6, 6.07) is 7.26. The Morgan fingerprint density at radius 3 is 2.92 bits per heavy atom. The minimum absolute atomic E-state index is 0.335. The van der Waals surface area contributed by atoms with Crippen LogP contribution in [0.5, 0.6) is 0 Å². The Morgan fingerprint density at radius 1 is 1.54 bits per heavy atom. The molecule has 0 amide bonds. The average Bonchev–Trinajstić information content (AvgIpc) is 2.03. The zero-order valence-electron chi connectivity index (χ0n) is 7.16. The van der Waals surface area contributed by atoms with Crippen molar-refractivity contribution < 1.29 is 9.53 Å². The van der Waals surface area contributed by atoms with Gasteiger partial charge in [0, 0.05) is 11.9 Å². The van der Waals surface area contributed by atoms with E-state index >= 15 is 0 Å². The number of esters is 1. The van der Waals surface area contributed by atoms with Gasteiger partial charge in [-0.3, -0.25) is 4.79 Å². The van der Waals surface area contributed by atoms with E-state index in [2.05, 4.69) is 4.74 Å². The van der Waals surface area contributed by atoms with Crippen LogP contribution in [0, 0.1) is 0 Å². The molecule has 2 nitrogen and oxygen atoms in total. The summed E-state index contributed by atoms with van der Waals surface area (Å²) < 4.78 is 4.62. The molecule has 0 heterocycles. The molecular formula is C10H9ClO2. The number of hydrogen-bond donors (Lipinski definition) is 0. The van der Waals surface area contributed by atoms with Crippen LogP contribution in [-0.2, 0) is 9.53 Å². The lowest BCUT2D eigenvalue weighted by Crippen LogP contribution is -1.88. The Balaban J connectivity index is 2.63. The third-order valence-corrected chi connectivity index (χ3v) is 1.58. The smallest absolute Gasteiger partial charge is 0.307 e. The first kappa shape index (κ1) is 9.81. The lowest BCUT2D eigenvalue weighted by atomic mass is 10.2. The fourth-order valence-corrected chi connectivity index (χ4v) is 1.02. The van der Waals surface area contributed by atoms with Crippen molar-refractivity contribution in [1.29, 1.82) is 0 Å². The third-order valence-electron chi connectivity index (χ3n) is 1.34. The topological polar surface area (TPSA) is 26.3 Å². The predicted octanol–water partition coefficient (Wildman–Crippen LogP) is 2.87. The van der Waals surface area contributed by atoms with Crippen LogP contribution in [0.1, 0.15) is 12.5 Å². The molecular weight excluding hydrogens is 188 g/mol. The van der Waals surface area contributed by atoms with E-state index in [9.17, 15) is 4.79 Å². The molecule has 0 aromatic heterocycles. The van der Waals surface area contributed by atoms with Crippen molar-refractivity contribution in [3.63, 3.8) is 0 Å². The van der Waals surface area contributed by atoms with Gasteiger partial charge in [-0.05, 0) is 23.8 Å². The van der Waals surface area contributed by atoms with Gasteiger partial charge in [-0.15, -0.1) is 0 Å². The number of benzene rings is 1. The molecule has 0 radical (unpaired) electrons. The molecule has 0 saturated heterocycles. The van der Waals surface area contributed by atoms with E-state index in [0.717, 1.165) is 5.56 Å². The average molecular weight is 197 g/mol. The quantitative estimate of drug-likeness (QED) is 0.537. The van der Waals surface area contributed by atoms with Gasteiger partial charge in [-0.2, -0.15) is 0 Å². The van der Waals surface area contributed by atoms with Crippen LogP contribution in [0.3, 0.4) is 0 Å². The molecule has 0 unspecified atom stereocenters. The van der Waals surface area contributed by atoms with Crippen molar-refractivity contribution in [2.75, 3.05) is 0 Å². The first-order valence-electron chi connectivity index (χ1n) is 3.78. The lowest BCUT2D eigenvalue weighted by molar-refractivity contribution is -0.135. The van der Waals surface area contributed by atoms with Crippen LogP contribution in [0.25, 0.3) is 6.08 Å². The molecule has 1 aromatic carbocycles. The van der Waals surface area contributed by atoms with Crippen LogP contribution in [-0.4, -0.2) is 5.97 Å². The van der Waals surface area contributed by atoms with E-state index in [1.165, 1.54) is 13.2 Å². The molecule has 0 N–H and O–H groups in total. The van der Waals surface area contributed by atoms with Gasteiger partial charge in [0.25, 0.3) is 0 Å². The molecule has 0 bridgehead atoms. The van der Waals surface area contributed by atoms with E-state index in [1.54, 1.807) is 18.2 Å². The number of ether oxygens (including phenoxy) is 1. The molecule has 0 aliphatic heterocycles. The molecule has 0 fully saturated rings. The van der Waals surface area contributed by atoms with Gasteiger partial charge in [0.2, 0.25) is 0 Å². The summed E-state index contributed by atoms with van der Waals surface area (Å²) in [6.07, 6.45) is 3.02. The number of carbonyl (C=O) groups is 1. The van der Waals surface area contributed by atoms with E-state index in [4.69, 9.17) is 11.6 Å². The normalized spacial score (nSPS) is 10.3. The molecule has 13 heavy (non-hydrogen) atoms. The van der Waals surface area contributed by atoms with Gasteiger partial charge in [0.05, 0.1) is 6.26 Å². The minimum atomic E-state index is -0.335. The largest absolute Gasteiger partial charge is 0.435 e. The number of carbonyl (C=O) groups excluding carboxylic acids is 1. The minimum Gasteiger partial charge on any atom is -0.435 e. The zero-order chi connectivity index (χ0) is 9.68. The van der Waals surface area contributed by atoms with Crippen molar-refractivity contribution in [1.82, 2.24) is 0 Å². The summed E-state index contributed by atoms with van der Waals surface area (Å²) in [5.74, 6) is -0.335. The van der Waals surface area contributed by atoms with Crippen molar-refractivity contribution in [2.45, 2.75) is 6.92 Å².